The maximum Gasteiger partial charge on any atom is 0.315 e. The van der Waals surface area contributed by atoms with Crippen molar-refractivity contribution in [2.24, 2.45) is 0 Å². The number of nitrogens with one attached hydrogen (secondary N) is 2. The van der Waals surface area contributed by atoms with Crippen LogP contribution in [0, 0.1) is 6.92 Å². The van der Waals surface area contributed by atoms with Crippen molar-refractivity contribution in [2.75, 3.05) is 0 Å². The van der Waals surface area contributed by atoms with Gasteiger partial charge in [-0.15, -0.1) is 0 Å². The van der Waals surface area contributed by atoms with Gasteiger partial charge in [0.15, 0.2) is 5.89 Å². The summed E-state index contributed by atoms with van der Waals surface area (Å²) in [5.41, 5.74) is 2.65. The monoisotopic (exact) mass is 285 g/mol. The molecule has 0 aliphatic heterocycles. The molecule has 0 radical (unpaired) electrons. The highest BCUT2D eigenvalue weighted by atomic mass is 16.4. The summed E-state index contributed by atoms with van der Waals surface area (Å²) >= 11 is 0. The number of rotatable bonds is 3. The highest BCUT2D eigenvalue weighted by Crippen LogP contribution is 2.32. The Kier molecular flexibility index (Phi) is 3.64. The Morgan fingerprint density at radius 2 is 2.24 bits per heavy atom. The van der Waals surface area contributed by atoms with Gasteiger partial charge < -0.3 is 15.1 Å². The summed E-state index contributed by atoms with van der Waals surface area (Å²) in [4.78, 5) is 16.0. The van der Waals surface area contributed by atoms with E-state index in [0.29, 0.717) is 24.1 Å². The van der Waals surface area contributed by atoms with Crippen LogP contribution in [0.15, 0.2) is 34.9 Å². The van der Waals surface area contributed by atoms with Gasteiger partial charge in [0.05, 0.1) is 12.7 Å². The van der Waals surface area contributed by atoms with Crippen LogP contribution in [0.5, 0.6) is 0 Å². The van der Waals surface area contributed by atoms with E-state index < -0.39 is 0 Å². The third kappa shape index (κ3) is 2.91. The number of carbonyl (C=O) groups is 1. The number of aromatic nitrogens is 1. The van der Waals surface area contributed by atoms with Crippen molar-refractivity contribution in [3.05, 3.63) is 53.2 Å². The van der Waals surface area contributed by atoms with Crippen molar-refractivity contribution in [1.29, 1.82) is 0 Å². The number of oxazole rings is 1. The minimum absolute atomic E-state index is 0.138. The standard InChI is InChI=1S/C16H19N3O2/c1-10-14-6-4-3-5-12(14)7-15(10)19-16(20)18-9-13-8-17-11(2)21-13/h3-6,8,10,15H,7,9H2,1-2H3,(H2,18,19,20)/t10-,15+/m0/s1. The molecular formula is C16H19N3O2. The first-order chi connectivity index (χ1) is 10.1. The first-order valence-corrected chi connectivity index (χ1v) is 7.17. The smallest absolute Gasteiger partial charge is 0.315 e. The van der Waals surface area contributed by atoms with Gasteiger partial charge in [0.25, 0.3) is 0 Å². The highest BCUT2D eigenvalue weighted by Gasteiger charge is 2.29. The summed E-state index contributed by atoms with van der Waals surface area (Å²) in [6.45, 7) is 4.28. The van der Waals surface area contributed by atoms with Crippen molar-refractivity contribution in [3.63, 3.8) is 0 Å². The quantitative estimate of drug-likeness (QED) is 0.910. The van der Waals surface area contributed by atoms with E-state index in [-0.39, 0.29) is 12.1 Å². The molecule has 1 aliphatic carbocycles. The third-order valence-corrected chi connectivity index (χ3v) is 4.00. The molecular weight excluding hydrogens is 266 g/mol. The molecule has 110 valence electrons. The Morgan fingerprint density at radius 3 is 2.95 bits per heavy atom. The van der Waals surface area contributed by atoms with E-state index >= 15 is 0 Å². The first kappa shape index (κ1) is 13.7. The first-order valence-electron chi connectivity index (χ1n) is 7.17. The number of amides is 2. The van der Waals surface area contributed by atoms with Crippen LogP contribution in [0.25, 0.3) is 0 Å². The minimum Gasteiger partial charge on any atom is -0.444 e. The number of nitrogens with zero attached hydrogens (tertiary/aromatic N) is 1. The summed E-state index contributed by atoms with van der Waals surface area (Å²) in [7, 11) is 0. The van der Waals surface area contributed by atoms with Crippen LogP contribution in [0.2, 0.25) is 0 Å². The van der Waals surface area contributed by atoms with Crippen LogP contribution in [0.4, 0.5) is 4.79 Å². The second-order valence-electron chi connectivity index (χ2n) is 5.47. The van der Waals surface area contributed by atoms with Gasteiger partial charge >= 0.3 is 6.03 Å². The second-order valence-corrected chi connectivity index (χ2v) is 5.47. The predicted octanol–water partition coefficient (Wildman–Crippen LogP) is 2.51. The molecule has 0 bridgehead atoms. The molecule has 0 fully saturated rings. The van der Waals surface area contributed by atoms with E-state index in [1.54, 1.807) is 13.1 Å². The van der Waals surface area contributed by atoms with Crippen LogP contribution in [0.3, 0.4) is 0 Å². The van der Waals surface area contributed by atoms with E-state index in [1.165, 1.54) is 11.1 Å². The van der Waals surface area contributed by atoms with Gasteiger partial charge in [-0.3, -0.25) is 0 Å². The summed E-state index contributed by atoms with van der Waals surface area (Å²) < 4.78 is 5.32. The average Bonchev–Trinajstić information content (AvgIpc) is 3.02. The number of hydrogen-bond donors (Lipinski definition) is 2. The molecule has 3 rings (SSSR count). The molecule has 1 aliphatic rings. The Balaban J connectivity index is 1.54. The number of hydrogen-bond acceptors (Lipinski definition) is 3. The zero-order chi connectivity index (χ0) is 14.8. The third-order valence-electron chi connectivity index (χ3n) is 4.00. The van der Waals surface area contributed by atoms with Crippen molar-refractivity contribution in [3.8, 4) is 0 Å². The van der Waals surface area contributed by atoms with Gasteiger partial charge in [-0.05, 0) is 17.5 Å². The van der Waals surface area contributed by atoms with Crippen LogP contribution in [-0.4, -0.2) is 17.1 Å². The van der Waals surface area contributed by atoms with Crippen LogP contribution < -0.4 is 10.6 Å². The molecule has 1 aromatic heterocycles. The summed E-state index contributed by atoms with van der Waals surface area (Å²) in [6, 6.07) is 8.32. The maximum absolute atomic E-state index is 12.0. The summed E-state index contributed by atoms with van der Waals surface area (Å²) in [5, 5.41) is 5.84. The molecule has 0 saturated carbocycles. The number of fused-ring (bicyclic) bond motifs is 1. The molecule has 1 aromatic carbocycles. The molecule has 0 spiro atoms. The molecule has 0 saturated heterocycles. The number of aryl methyl sites for hydroxylation is 1. The fourth-order valence-electron chi connectivity index (χ4n) is 2.84. The number of carbonyl (C=O) groups excluding carboxylic acids is 1. The van der Waals surface area contributed by atoms with E-state index in [2.05, 4.69) is 34.7 Å². The Labute approximate surface area is 123 Å². The van der Waals surface area contributed by atoms with Crippen molar-refractivity contribution in [1.82, 2.24) is 15.6 Å². The van der Waals surface area contributed by atoms with Gasteiger partial charge in [0.2, 0.25) is 0 Å². The van der Waals surface area contributed by atoms with Gasteiger partial charge in [-0.1, -0.05) is 31.2 Å². The molecule has 2 aromatic rings. The van der Waals surface area contributed by atoms with Gasteiger partial charge in [0.1, 0.15) is 5.76 Å². The predicted molar refractivity (Wildman–Crippen MR) is 79.0 cm³/mol. The van der Waals surface area contributed by atoms with Gasteiger partial charge in [0, 0.05) is 18.9 Å². The Hall–Kier alpha value is -2.30. The van der Waals surface area contributed by atoms with Gasteiger partial charge in [-0.25, -0.2) is 9.78 Å². The Bertz CT molecular complexity index is 650. The van der Waals surface area contributed by atoms with Crippen LogP contribution in [0.1, 0.15) is 35.6 Å². The lowest BCUT2D eigenvalue weighted by Gasteiger charge is -2.18. The molecule has 0 unspecified atom stereocenters. The molecule has 21 heavy (non-hydrogen) atoms. The molecule has 1 heterocycles. The zero-order valence-electron chi connectivity index (χ0n) is 12.2. The van der Waals surface area contributed by atoms with Crippen molar-refractivity contribution >= 4 is 6.03 Å². The lowest BCUT2D eigenvalue weighted by Crippen LogP contribution is -2.43. The van der Waals surface area contributed by atoms with Crippen LogP contribution in [-0.2, 0) is 13.0 Å². The molecule has 5 heteroatoms. The van der Waals surface area contributed by atoms with Crippen molar-refractivity contribution in [2.45, 2.75) is 38.8 Å². The minimum atomic E-state index is -0.172. The average molecular weight is 285 g/mol. The largest absolute Gasteiger partial charge is 0.444 e. The lowest BCUT2D eigenvalue weighted by atomic mass is 10.0. The highest BCUT2D eigenvalue weighted by molar-refractivity contribution is 5.74. The van der Waals surface area contributed by atoms with E-state index in [9.17, 15) is 4.79 Å². The van der Waals surface area contributed by atoms with E-state index in [1.807, 2.05) is 12.1 Å². The van der Waals surface area contributed by atoms with E-state index in [4.69, 9.17) is 4.42 Å². The normalized spacial score (nSPS) is 20.1. The van der Waals surface area contributed by atoms with Gasteiger partial charge in [-0.2, -0.15) is 0 Å². The molecule has 5 nitrogen and oxygen atoms in total. The Morgan fingerprint density at radius 1 is 1.43 bits per heavy atom. The fourth-order valence-corrected chi connectivity index (χ4v) is 2.84. The second kappa shape index (κ2) is 5.60. The molecule has 2 amide bonds. The maximum atomic E-state index is 12.0. The van der Waals surface area contributed by atoms with E-state index in [0.717, 1.165) is 6.42 Å². The zero-order valence-corrected chi connectivity index (χ0v) is 12.2. The fraction of sp³-hybridized carbons (Fsp3) is 0.375. The number of urea groups is 1. The number of benzene rings is 1. The topological polar surface area (TPSA) is 67.2 Å². The molecule has 2 N–H and O–H groups in total. The summed E-state index contributed by atoms with van der Waals surface area (Å²) in [5.74, 6) is 1.59. The lowest BCUT2D eigenvalue weighted by molar-refractivity contribution is 0.234. The summed E-state index contributed by atoms with van der Waals surface area (Å²) in [6.07, 6.45) is 2.51. The van der Waals surface area contributed by atoms with Crippen LogP contribution >= 0.6 is 0 Å². The van der Waals surface area contributed by atoms with Crippen molar-refractivity contribution < 1.29 is 9.21 Å². The SMILES string of the molecule is Cc1ncc(CNC(=O)N[C@@H]2Cc3ccccc3[C@@H]2C)o1. The molecule has 2 atom stereocenters.